The van der Waals surface area contributed by atoms with Gasteiger partial charge in [0.15, 0.2) is 11.3 Å². The normalized spacial score (nSPS) is 11.4. The maximum atomic E-state index is 12.8. The lowest BCUT2D eigenvalue weighted by Crippen LogP contribution is -2.28. The lowest BCUT2D eigenvalue weighted by molar-refractivity contribution is -0.189. The second-order valence-corrected chi connectivity index (χ2v) is 7.63. The van der Waals surface area contributed by atoms with Gasteiger partial charge in [-0.25, -0.2) is 14.6 Å². The first-order valence-electron chi connectivity index (χ1n) is 9.84. The van der Waals surface area contributed by atoms with Gasteiger partial charge in [0, 0.05) is 17.4 Å². The number of amides is 1. The summed E-state index contributed by atoms with van der Waals surface area (Å²) in [5.74, 6) is -4.84. The zero-order valence-electron chi connectivity index (χ0n) is 18.0. The number of carbonyl (C=O) groups excluding carboxylic acids is 2. The van der Waals surface area contributed by atoms with Gasteiger partial charge in [0.2, 0.25) is 11.9 Å². The van der Waals surface area contributed by atoms with E-state index in [-0.39, 0.29) is 17.2 Å². The summed E-state index contributed by atoms with van der Waals surface area (Å²) >= 11 is 6.01. The van der Waals surface area contributed by atoms with Gasteiger partial charge in [0.25, 0.3) is 0 Å². The van der Waals surface area contributed by atoms with E-state index in [1.165, 1.54) is 6.20 Å². The minimum absolute atomic E-state index is 0.118. The number of fused-ring (bicyclic) bond motifs is 1. The Morgan fingerprint density at radius 2 is 1.94 bits per heavy atom. The second kappa shape index (κ2) is 9.22. The molecule has 15 heteroatoms. The highest BCUT2D eigenvalue weighted by molar-refractivity contribution is 6.36. The Bertz CT molecular complexity index is 1570. The van der Waals surface area contributed by atoms with Gasteiger partial charge in [-0.05, 0) is 37.3 Å². The topological polar surface area (TPSA) is 165 Å². The molecule has 0 saturated heterocycles. The smallest absolute Gasteiger partial charge is 0.416 e. The molecule has 0 aliphatic rings. The number of ether oxygens (including phenoxy) is 1. The number of hydrogen-bond donors (Lipinski definition) is 4. The minimum Gasteiger partial charge on any atom is -0.416 e. The van der Waals surface area contributed by atoms with Gasteiger partial charge in [0.05, 0.1) is 21.8 Å². The van der Waals surface area contributed by atoms with Crippen LogP contribution in [0.2, 0.25) is 5.02 Å². The average Bonchev–Trinajstić information content (AvgIpc) is 3.16. The molecule has 4 rings (SSSR count). The SMILES string of the molecule is Cc1cnc(Nc2ccc(C(N)=O)c(Cl)c2OC(=O)C(F)(F)F)nc1Nc1ccc2oc(=O)[nH]c2c1. The second-order valence-electron chi connectivity index (χ2n) is 7.26. The van der Waals surface area contributed by atoms with Crippen molar-refractivity contribution in [2.75, 3.05) is 10.6 Å². The van der Waals surface area contributed by atoms with Crippen LogP contribution in [0.1, 0.15) is 15.9 Å². The van der Waals surface area contributed by atoms with Crippen LogP contribution in [0.5, 0.6) is 5.75 Å². The molecule has 0 spiro atoms. The maximum Gasteiger partial charge on any atom is 0.491 e. The van der Waals surface area contributed by atoms with Crippen LogP contribution in [0.3, 0.4) is 0 Å². The summed E-state index contributed by atoms with van der Waals surface area (Å²) in [5, 5.41) is 5.03. The van der Waals surface area contributed by atoms with Gasteiger partial charge in [-0.2, -0.15) is 18.2 Å². The molecule has 2 aromatic carbocycles. The number of anilines is 4. The first kappa shape index (κ1) is 24.5. The quantitative estimate of drug-likeness (QED) is 0.217. The summed E-state index contributed by atoms with van der Waals surface area (Å²) in [5.41, 5.74) is 6.48. The number of esters is 1. The number of aromatic nitrogens is 3. The number of alkyl halides is 3. The Kier molecular flexibility index (Phi) is 6.28. The molecular formula is C21H14ClF3N6O5. The number of benzene rings is 2. The number of primary amides is 1. The maximum absolute atomic E-state index is 12.8. The first-order valence-corrected chi connectivity index (χ1v) is 10.2. The van der Waals surface area contributed by atoms with E-state index in [1.807, 2.05) is 0 Å². The fourth-order valence-electron chi connectivity index (χ4n) is 3.01. The van der Waals surface area contributed by atoms with Crippen LogP contribution in [0.4, 0.5) is 36.3 Å². The van der Waals surface area contributed by atoms with Crippen molar-refractivity contribution in [2.24, 2.45) is 5.73 Å². The number of aryl methyl sites for hydroxylation is 1. The van der Waals surface area contributed by atoms with E-state index in [0.29, 0.717) is 28.2 Å². The van der Waals surface area contributed by atoms with Crippen LogP contribution in [-0.2, 0) is 4.79 Å². The van der Waals surface area contributed by atoms with Crippen LogP contribution in [0.15, 0.2) is 45.7 Å². The lowest BCUT2D eigenvalue weighted by Gasteiger charge is -2.16. The predicted octanol–water partition coefficient (Wildman–Crippen LogP) is 3.93. The van der Waals surface area contributed by atoms with Crippen molar-refractivity contribution >= 4 is 57.7 Å². The minimum atomic E-state index is -5.33. The highest BCUT2D eigenvalue weighted by atomic mass is 35.5. The van der Waals surface area contributed by atoms with Gasteiger partial charge >= 0.3 is 17.9 Å². The number of rotatable bonds is 6. The fourth-order valence-corrected chi connectivity index (χ4v) is 3.31. The summed E-state index contributed by atoms with van der Waals surface area (Å²) in [6.45, 7) is 1.69. The van der Waals surface area contributed by atoms with Crippen LogP contribution in [0.25, 0.3) is 11.1 Å². The molecule has 36 heavy (non-hydrogen) atoms. The molecule has 0 aliphatic heterocycles. The zero-order chi connectivity index (χ0) is 26.2. The number of aromatic amines is 1. The van der Waals surface area contributed by atoms with E-state index in [4.69, 9.17) is 21.8 Å². The number of halogens is 4. The Morgan fingerprint density at radius 1 is 1.19 bits per heavy atom. The summed E-state index contributed by atoms with van der Waals surface area (Å²) in [7, 11) is 0. The fraction of sp³-hybridized carbons (Fsp3) is 0.0952. The van der Waals surface area contributed by atoms with Crippen molar-refractivity contribution in [1.82, 2.24) is 15.0 Å². The van der Waals surface area contributed by atoms with Crippen LogP contribution in [0, 0.1) is 6.92 Å². The van der Waals surface area contributed by atoms with E-state index >= 15 is 0 Å². The van der Waals surface area contributed by atoms with Gasteiger partial charge in [-0.1, -0.05) is 11.6 Å². The molecular weight excluding hydrogens is 509 g/mol. The molecule has 2 heterocycles. The predicted molar refractivity (Wildman–Crippen MR) is 122 cm³/mol. The summed E-state index contributed by atoms with van der Waals surface area (Å²) in [4.78, 5) is 45.2. The molecule has 0 unspecified atom stereocenters. The Hall–Kier alpha value is -4.59. The standard InChI is InChI=1S/C21H14ClF3N6O5/c1-8-7-27-19(31-17(8)28-9-2-5-13-12(6-9)30-20(34)35-13)29-11-4-3-10(16(26)32)14(22)15(11)36-18(33)21(23,24)25/h2-7H,1H3,(H2,26,32)(H,30,34)(H2,27,28,29,31). The molecule has 2 aromatic heterocycles. The van der Waals surface area contributed by atoms with Crippen LogP contribution in [-0.4, -0.2) is 33.0 Å². The number of carbonyl (C=O) groups is 2. The van der Waals surface area contributed by atoms with Crippen molar-refractivity contribution < 1.29 is 31.9 Å². The molecule has 1 amide bonds. The third-order valence-corrected chi connectivity index (χ3v) is 5.06. The van der Waals surface area contributed by atoms with Gasteiger partial charge in [0.1, 0.15) is 5.82 Å². The largest absolute Gasteiger partial charge is 0.491 e. The molecule has 4 aromatic rings. The highest BCUT2D eigenvalue weighted by Crippen LogP contribution is 2.38. The number of hydrogen-bond acceptors (Lipinski definition) is 9. The number of oxazole rings is 1. The molecule has 0 saturated carbocycles. The van der Waals surface area contributed by atoms with E-state index in [1.54, 1.807) is 25.1 Å². The van der Waals surface area contributed by atoms with E-state index in [2.05, 4.69) is 30.3 Å². The zero-order valence-corrected chi connectivity index (χ0v) is 18.7. The van der Waals surface area contributed by atoms with E-state index in [9.17, 15) is 27.6 Å². The molecule has 5 N–H and O–H groups in total. The highest BCUT2D eigenvalue weighted by Gasteiger charge is 2.42. The third-order valence-electron chi connectivity index (χ3n) is 4.69. The van der Waals surface area contributed by atoms with E-state index < -0.39 is 34.6 Å². The Labute approximate surface area is 203 Å². The summed E-state index contributed by atoms with van der Waals surface area (Å²) < 4.78 is 47.8. The van der Waals surface area contributed by atoms with Crippen molar-refractivity contribution in [2.45, 2.75) is 13.1 Å². The van der Waals surface area contributed by atoms with Gasteiger partial charge < -0.3 is 25.5 Å². The molecule has 0 bridgehead atoms. The molecule has 11 nitrogen and oxygen atoms in total. The molecule has 0 radical (unpaired) electrons. The van der Waals surface area contributed by atoms with Gasteiger partial charge in [-0.15, -0.1) is 0 Å². The Balaban J connectivity index is 1.67. The third kappa shape index (κ3) is 5.07. The Morgan fingerprint density at radius 3 is 2.64 bits per heavy atom. The summed E-state index contributed by atoms with van der Waals surface area (Å²) in [6.07, 6.45) is -3.92. The van der Waals surface area contributed by atoms with Crippen molar-refractivity contribution in [3.05, 3.63) is 63.2 Å². The van der Waals surface area contributed by atoms with Crippen molar-refractivity contribution in [1.29, 1.82) is 0 Å². The number of nitrogens with one attached hydrogen (secondary N) is 3. The average molecular weight is 523 g/mol. The molecule has 0 aliphatic carbocycles. The monoisotopic (exact) mass is 522 g/mol. The number of nitrogens with zero attached hydrogens (tertiary/aromatic N) is 2. The van der Waals surface area contributed by atoms with Crippen molar-refractivity contribution in [3.8, 4) is 5.75 Å². The lowest BCUT2D eigenvalue weighted by atomic mass is 10.1. The number of nitrogens with two attached hydrogens (primary N) is 1. The molecule has 186 valence electrons. The molecule has 0 atom stereocenters. The van der Waals surface area contributed by atoms with Crippen LogP contribution < -0.4 is 26.9 Å². The summed E-state index contributed by atoms with van der Waals surface area (Å²) in [6, 6.07) is 7.06. The van der Waals surface area contributed by atoms with Gasteiger partial charge in [-0.3, -0.25) is 9.78 Å². The van der Waals surface area contributed by atoms with Crippen molar-refractivity contribution in [3.63, 3.8) is 0 Å². The first-order chi connectivity index (χ1) is 16.9. The number of H-pyrrole nitrogens is 1. The molecule has 0 fully saturated rings. The van der Waals surface area contributed by atoms with E-state index in [0.717, 1.165) is 12.1 Å². The van der Waals surface area contributed by atoms with Crippen LogP contribution >= 0.6 is 11.6 Å².